The van der Waals surface area contributed by atoms with E-state index in [1.165, 1.54) is 64.5 Å². The number of carbonyl (C=O) groups is 1. The van der Waals surface area contributed by atoms with Gasteiger partial charge in [0.05, 0.1) is 6.04 Å². The molecule has 4 bridgehead atoms. The van der Waals surface area contributed by atoms with E-state index in [4.69, 9.17) is 0 Å². The molecular weight excluding hydrogens is 322 g/mol. The van der Waals surface area contributed by atoms with Crippen molar-refractivity contribution in [1.29, 1.82) is 0 Å². The molecule has 4 aliphatic carbocycles. The molecule has 26 heavy (non-hydrogen) atoms. The molecule has 0 unspecified atom stereocenters. The zero-order valence-corrected chi connectivity index (χ0v) is 16.5. The number of nitrogens with one attached hydrogen (secondary N) is 1. The molecule has 0 aromatic rings. The molecule has 1 N–H and O–H groups in total. The standard InChI is InChI=1S/C22H37N3O/c1-24-7-4-15(5-8-24)14-25-6-2-3-20(25)22(26)23-21-18-10-16-9-17(12-18)13-19(21)11-16/h15-21H,2-14H2,1H3,(H,23,26)/t16?,17?,18?,19?,20-,21?/m1/s1. The minimum atomic E-state index is 0.159. The molecule has 2 saturated heterocycles. The van der Waals surface area contributed by atoms with Crippen molar-refractivity contribution in [3.63, 3.8) is 0 Å². The molecule has 4 heteroatoms. The Bertz CT molecular complexity index is 499. The van der Waals surface area contributed by atoms with E-state index in [1.807, 2.05) is 0 Å². The molecule has 6 rings (SSSR count). The Labute approximate surface area is 159 Å². The maximum atomic E-state index is 13.2. The lowest BCUT2D eigenvalue weighted by Crippen LogP contribution is -2.58. The lowest BCUT2D eigenvalue weighted by atomic mass is 9.54. The van der Waals surface area contributed by atoms with E-state index in [0.29, 0.717) is 11.9 Å². The lowest BCUT2D eigenvalue weighted by molar-refractivity contribution is -0.129. The number of carbonyl (C=O) groups excluding carboxylic acids is 1. The summed E-state index contributed by atoms with van der Waals surface area (Å²) in [6.45, 7) is 4.73. The average molecular weight is 360 g/mol. The second kappa shape index (κ2) is 7.09. The monoisotopic (exact) mass is 359 g/mol. The Kier molecular flexibility index (Phi) is 4.77. The quantitative estimate of drug-likeness (QED) is 0.838. The largest absolute Gasteiger partial charge is 0.351 e. The number of likely N-dealkylation sites (tertiary alicyclic amines) is 2. The summed E-state index contributed by atoms with van der Waals surface area (Å²) < 4.78 is 0. The topological polar surface area (TPSA) is 35.6 Å². The number of rotatable bonds is 4. The van der Waals surface area contributed by atoms with Gasteiger partial charge in [-0.05, 0) is 114 Å². The summed E-state index contributed by atoms with van der Waals surface area (Å²) >= 11 is 0. The Hall–Kier alpha value is -0.610. The van der Waals surface area contributed by atoms with E-state index < -0.39 is 0 Å². The van der Waals surface area contributed by atoms with Gasteiger partial charge in [0.1, 0.15) is 0 Å². The smallest absolute Gasteiger partial charge is 0.237 e. The minimum Gasteiger partial charge on any atom is -0.351 e. The number of nitrogens with zero attached hydrogens (tertiary/aromatic N) is 2. The summed E-state index contributed by atoms with van der Waals surface area (Å²) in [5.41, 5.74) is 0. The van der Waals surface area contributed by atoms with E-state index in [1.54, 1.807) is 0 Å². The van der Waals surface area contributed by atoms with Crippen molar-refractivity contribution >= 4 is 5.91 Å². The van der Waals surface area contributed by atoms with Gasteiger partial charge in [-0.1, -0.05) is 0 Å². The summed E-state index contributed by atoms with van der Waals surface area (Å²) in [6, 6.07) is 0.660. The molecule has 0 aromatic heterocycles. The molecule has 0 radical (unpaired) electrons. The maximum absolute atomic E-state index is 13.2. The first kappa shape index (κ1) is 17.5. The first-order valence-corrected chi connectivity index (χ1v) is 11.4. The van der Waals surface area contributed by atoms with Crippen LogP contribution in [0, 0.1) is 29.6 Å². The van der Waals surface area contributed by atoms with Crippen LogP contribution in [0.15, 0.2) is 0 Å². The van der Waals surface area contributed by atoms with E-state index in [-0.39, 0.29) is 6.04 Å². The first-order chi connectivity index (χ1) is 12.7. The van der Waals surface area contributed by atoms with Crippen LogP contribution in [0.3, 0.4) is 0 Å². The van der Waals surface area contributed by atoms with E-state index in [9.17, 15) is 4.79 Å². The third-order valence-corrected chi connectivity index (χ3v) is 8.53. The molecule has 1 atom stereocenters. The van der Waals surface area contributed by atoms with Gasteiger partial charge in [0.2, 0.25) is 5.91 Å². The fraction of sp³-hybridized carbons (Fsp3) is 0.955. The molecule has 1 amide bonds. The lowest BCUT2D eigenvalue weighted by Gasteiger charge is -2.54. The second-order valence-electron chi connectivity index (χ2n) is 10.4. The third-order valence-electron chi connectivity index (χ3n) is 8.53. The molecular formula is C22H37N3O. The molecule has 0 spiro atoms. The van der Waals surface area contributed by atoms with E-state index in [0.717, 1.165) is 49.1 Å². The summed E-state index contributed by atoms with van der Waals surface area (Å²) in [5, 5.41) is 3.59. The van der Waals surface area contributed by atoms with Gasteiger partial charge >= 0.3 is 0 Å². The number of amides is 1. The van der Waals surface area contributed by atoms with E-state index in [2.05, 4.69) is 22.2 Å². The van der Waals surface area contributed by atoms with Crippen molar-refractivity contribution in [1.82, 2.24) is 15.1 Å². The zero-order valence-electron chi connectivity index (χ0n) is 16.5. The summed E-state index contributed by atoms with van der Waals surface area (Å²) in [6.07, 6.45) is 11.9. The SMILES string of the molecule is CN1CCC(CN2CCC[C@@H]2C(=O)NC2C3CC4CC(C3)CC2C4)CC1. The fourth-order valence-corrected chi connectivity index (χ4v) is 7.34. The zero-order chi connectivity index (χ0) is 17.7. The van der Waals surface area contributed by atoms with Crippen molar-refractivity contribution in [3.05, 3.63) is 0 Å². The second-order valence-corrected chi connectivity index (χ2v) is 10.4. The highest BCUT2D eigenvalue weighted by Gasteiger charge is 2.49. The van der Waals surface area contributed by atoms with Gasteiger partial charge in [0.15, 0.2) is 0 Å². The van der Waals surface area contributed by atoms with Crippen LogP contribution in [0.2, 0.25) is 0 Å². The van der Waals surface area contributed by atoms with Gasteiger partial charge in [0.25, 0.3) is 0 Å². The number of piperidine rings is 1. The predicted octanol–water partition coefficient (Wildman–Crippen LogP) is 2.73. The van der Waals surface area contributed by atoms with Crippen molar-refractivity contribution in [2.75, 3.05) is 33.2 Å². The van der Waals surface area contributed by atoms with Crippen LogP contribution >= 0.6 is 0 Å². The van der Waals surface area contributed by atoms with Gasteiger partial charge in [-0.2, -0.15) is 0 Å². The van der Waals surface area contributed by atoms with Gasteiger partial charge in [0, 0.05) is 12.6 Å². The molecule has 4 nitrogen and oxygen atoms in total. The fourth-order valence-electron chi connectivity index (χ4n) is 7.34. The molecule has 4 saturated carbocycles. The Morgan fingerprint density at radius 2 is 1.58 bits per heavy atom. The summed E-state index contributed by atoms with van der Waals surface area (Å²) in [7, 11) is 2.23. The highest BCUT2D eigenvalue weighted by atomic mass is 16.2. The van der Waals surface area contributed by atoms with Gasteiger partial charge in [-0.3, -0.25) is 9.69 Å². The van der Waals surface area contributed by atoms with Crippen molar-refractivity contribution < 1.29 is 4.79 Å². The first-order valence-electron chi connectivity index (χ1n) is 11.4. The summed E-state index contributed by atoms with van der Waals surface area (Å²) in [4.78, 5) is 18.2. The minimum absolute atomic E-state index is 0.159. The van der Waals surface area contributed by atoms with E-state index >= 15 is 0 Å². The van der Waals surface area contributed by atoms with Crippen molar-refractivity contribution in [3.8, 4) is 0 Å². The maximum Gasteiger partial charge on any atom is 0.237 e. The van der Waals surface area contributed by atoms with Crippen LogP contribution in [0.25, 0.3) is 0 Å². The number of hydrogen-bond donors (Lipinski definition) is 1. The summed E-state index contributed by atoms with van der Waals surface area (Å²) in [5.74, 6) is 4.71. The highest BCUT2D eigenvalue weighted by Crippen LogP contribution is 2.53. The van der Waals surface area contributed by atoms with Crippen molar-refractivity contribution in [2.45, 2.75) is 69.9 Å². The van der Waals surface area contributed by atoms with Crippen LogP contribution in [0.5, 0.6) is 0 Å². The van der Waals surface area contributed by atoms with Gasteiger partial charge < -0.3 is 10.2 Å². The van der Waals surface area contributed by atoms with Crippen LogP contribution in [-0.2, 0) is 4.79 Å². The average Bonchev–Trinajstić information content (AvgIpc) is 3.07. The third kappa shape index (κ3) is 3.32. The van der Waals surface area contributed by atoms with Crippen LogP contribution in [0.4, 0.5) is 0 Å². The van der Waals surface area contributed by atoms with Crippen LogP contribution in [-0.4, -0.2) is 61.0 Å². The molecule has 0 aromatic carbocycles. The Balaban J connectivity index is 1.18. The van der Waals surface area contributed by atoms with Gasteiger partial charge in [-0.25, -0.2) is 0 Å². The van der Waals surface area contributed by atoms with Crippen LogP contribution in [0.1, 0.15) is 57.8 Å². The molecule has 2 heterocycles. The predicted molar refractivity (Wildman–Crippen MR) is 104 cm³/mol. The normalized spacial score (nSPS) is 43.9. The van der Waals surface area contributed by atoms with Crippen LogP contribution < -0.4 is 5.32 Å². The molecule has 6 fully saturated rings. The van der Waals surface area contributed by atoms with Gasteiger partial charge in [-0.15, -0.1) is 0 Å². The highest BCUT2D eigenvalue weighted by molar-refractivity contribution is 5.82. The van der Waals surface area contributed by atoms with Crippen molar-refractivity contribution in [2.24, 2.45) is 29.6 Å². The molecule has 146 valence electrons. The molecule has 2 aliphatic heterocycles. The number of hydrogen-bond acceptors (Lipinski definition) is 3. The molecule has 6 aliphatic rings. The Morgan fingerprint density at radius 3 is 2.23 bits per heavy atom. The Morgan fingerprint density at radius 1 is 0.923 bits per heavy atom.